The lowest BCUT2D eigenvalue weighted by Crippen LogP contribution is -2.86. The van der Waals surface area contributed by atoms with Crippen molar-refractivity contribution in [3.05, 3.63) is 28.8 Å². The highest BCUT2D eigenvalue weighted by Gasteiger charge is 2.30. The molecule has 0 spiro atoms. The van der Waals surface area contributed by atoms with E-state index in [0.717, 1.165) is 31.5 Å². The van der Waals surface area contributed by atoms with Gasteiger partial charge in [0.05, 0.1) is 29.3 Å². The second kappa shape index (κ2) is 5.42. The topological polar surface area (TPSA) is 77.1 Å². The minimum absolute atomic E-state index is 0.182. The average molecular weight is 310 g/mol. The minimum Gasteiger partial charge on any atom is -0.457 e. The van der Waals surface area contributed by atoms with Crippen LogP contribution in [0.4, 0.5) is 0 Å². The van der Waals surface area contributed by atoms with Gasteiger partial charge in [0.1, 0.15) is 6.61 Å². The maximum absolute atomic E-state index is 12.7. The van der Waals surface area contributed by atoms with Crippen LogP contribution in [-0.4, -0.2) is 33.2 Å². The fraction of sp³-hybridized carbons (Fsp3) is 0.533. The number of nitrogens with two attached hydrogens (primary N) is 1. The molecule has 0 atom stereocenters. The summed E-state index contributed by atoms with van der Waals surface area (Å²) in [4.78, 5) is 11.9. The number of rotatable bonds is 3. The zero-order valence-electron chi connectivity index (χ0n) is 12.1. The van der Waals surface area contributed by atoms with E-state index in [0.29, 0.717) is 16.0 Å². The number of piperidine rings is 1. The Hall–Kier alpha value is -1.40. The van der Waals surface area contributed by atoms with Gasteiger partial charge < -0.3 is 10.1 Å². The van der Waals surface area contributed by atoms with Gasteiger partial charge in [-0.15, -0.1) is 0 Å². The second-order valence-corrected chi connectivity index (χ2v) is 7.88. The summed E-state index contributed by atoms with van der Waals surface area (Å²) >= 11 is 0. The second-order valence-electron chi connectivity index (χ2n) is 5.88. The predicted molar refractivity (Wildman–Crippen MR) is 76.7 cm³/mol. The molecule has 0 amide bonds. The number of sulfone groups is 1. The average Bonchev–Trinajstić information content (AvgIpc) is 2.82. The molecule has 0 saturated carbocycles. The molecular weight excluding hydrogens is 290 g/mol. The van der Waals surface area contributed by atoms with Crippen molar-refractivity contribution in [2.75, 3.05) is 18.8 Å². The number of esters is 1. The van der Waals surface area contributed by atoms with Gasteiger partial charge in [-0.05, 0) is 30.5 Å². The molecule has 1 fully saturated rings. The van der Waals surface area contributed by atoms with E-state index in [9.17, 15) is 13.2 Å². The predicted octanol–water partition coefficient (Wildman–Crippen LogP) is 0.413. The van der Waals surface area contributed by atoms with E-state index in [1.807, 2.05) is 0 Å². The molecule has 3 rings (SSSR count). The summed E-state index contributed by atoms with van der Waals surface area (Å²) in [5, 5.41) is 2.23. The SMILES string of the molecule is Cc1c(S(=O)(=O)CC2CC[NH2+]CC2)ccc2c1COC2=O. The van der Waals surface area contributed by atoms with Crippen molar-refractivity contribution in [2.24, 2.45) is 5.92 Å². The highest BCUT2D eigenvalue weighted by Crippen LogP contribution is 2.30. The number of ether oxygens (including phenoxy) is 1. The molecule has 5 nitrogen and oxygen atoms in total. The van der Waals surface area contributed by atoms with Crippen molar-refractivity contribution in [1.29, 1.82) is 0 Å². The molecule has 114 valence electrons. The van der Waals surface area contributed by atoms with Crippen molar-refractivity contribution in [3.8, 4) is 0 Å². The van der Waals surface area contributed by atoms with Gasteiger partial charge in [0.2, 0.25) is 0 Å². The number of carbonyl (C=O) groups excluding carboxylic acids is 1. The first-order valence-corrected chi connectivity index (χ1v) is 8.98. The fourth-order valence-corrected chi connectivity index (χ4v) is 5.23. The summed E-state index contributed by atoms with van der Waals surface area (Å²) in [5.74, 6) is 0.0836. The summed E-state index contributed by atoms with van der Waals surface area (Å²) < 4.78 is 30.3. The van der Waals surface area contributed by atoms with Crippen LogP contribution in [-0.2, 0) is 21.2 Å². The van der Waals surface area contributed by atoms with Crippen molar-refractivity contribution >= 4 is 15.8 Å². The van der Waals surface area contributed by atoms with Gasteiger partial charge in [0.15, 0.2) is 9.84 Å². The van der Waals surface area contributed by atoms with Crippen LogP contribution in [0.5, 0.6) is 0 Å². The maximum atomic E-state index is 12.7. The molecule has 6 heteroatoms. The Balaban J connectivity index is 1.91. The van der Waals surface area contributed by atoms with Gasteiger partial charge in [-0.1, -0.05) is 0 Å². The maximum Gasteiger partial charge on any atom is 0.338 e. The van der Waals surface area contributed by atoms with Crippen molar-refractivity contribution in [1.82, 2.24) is 0 Å². The monoisotopic (exact) mass is 310 g/mol. The highest BCUT2D eigenvalue weighted by atomic mass is 32.2. The Morgan fingerprint density at radius 3 is 2.71 bits per heavy atom. The van der Waals surface area contributed by atoms with Crippen LogP contribution in [0, 0.1) is 12.8 Å². The van der Waals surface area contributed by atoms with Gasteiger partial charge >= 0.3 is 5.97 Å². The molecule has 0 aliphatic carbocycles. The zero-order valence-corrected chi connectivity index (χ0v) is 12.9. The van der Waals surface area contributed by atoms with Crippen molar-refractivity contribution in [3.63, 3.8) is 0 Å². The van der Waals surface area contributed by atoms with Crippen LogP contribution in [0.3, 0.4) is 0 Å². The number of hydrogen-bond acceptors (Lipinski definition) is 4. The molecule has 2 aliphatic heterocycles. The Morgan fingerprint density at radius 1 is 1.29 bits per heavy atom. The summed E-state index contributed by atoms with van der Waals surface area (Å²) in [6.45, 7) is 3.96. The number of benzene rings is 1. The Morgan fingerprint density at radius 2 is 2.00 bits per heavy atom. The third-order valence-electron chi connectivity index (χ3n) is 4.46. The smallest absolute Gasteiger partial charge is 0.338 e. The summed E-state index contributed by atoms with van der Waals surface area (Å²) in [6, 6.07) is 3.14. The fourth-order valence-electron chi connectivity index (χ4n) is 3.23. The highest BCUT2D eigenvalue weighted by molar-refractivity contribution is 7.91. The first kappa shape index (κ1) is 14.5. The van der Waals surface area contributed by atoms with Crippen LogP contribution in [0.1, 0.15) is 34.3 Å². The molecule has 0 bridgehead atoms. The Kier molecular flexibility index (Phi) is 3.75. The van der Waals surface area contributed by atoms with E-state index in [1.54, 1.807) is 19.1 Å². The summed E-state index contributed by atoms with van der Waals surface area (Å²) in [6.07, 6.45) is 1.90. The van der Waals surface area contributed by atoms with Crippen molar-refractivity contribution < 1.29 is 23.3 Å². The first-order chi connectivity index (χ1) is 9.99. The van der Waals surface area contributed by atoms with Crippen LogP contribution in [0.15, 0.2) is 17.0 Å². The molecule has 2 heterocycles. The molecule has 1 saturated heterocycles. The lowest BCUT2D eigenvalue weighted by atomic mass is 10.0. The van der Waals surface area contributed by atoms with E-state index in [1.165, 1.54) is 0 Å². The van der Waals surface area contributed by atoms with Crippen molar-refractivity contribution in [2.45, 2.75) is 31.3 Å². The quantitative estimate of drug-likeness (QED) is 0.821. The summed E-state index contributed by atoms with van der Waals surface area (Å²) in [5.41, 5.74) is 1.89. The Labute approximate surface area is 124 Å². The first-order valence-electron chi connectivity index (χ1n) is 7.33. The van der Waals surface area contributed by atoms with E-state index in [-0.39, 0.29) is 24.2 Å². The van der Waals surface area contributed by atoms with E-state index >= 15 is 0 Å². The van der Waals surface area contributed by atoms with Crippen LogP contribution >= 0.6 is 0 Å². The normalized spacial score (nSPS) is 19.4. The standard InChI is InChI=1S/C15H19NO4S/c1-10-13-8-20-15(17)12(13)2-3-14(10)21(18,19)9-11-4-6-16-7-5-11/h2-3,11,16H,4-9H2,1H3/p+1. The largest absolute Gasteiger partial charge is 0.457 e. The molecule has 1 aromatic rings. The number of carbonyl (C=O) groups is 1. The lowest BCUT2D eigenvalue weighted by molar-refractivity contribution is -0.664. The molecule has 0 unspecified atom stereocenters. The van der Waals surface area contributed by atoms with E-state index < -0.39 is 9.84 Å². The number of quaternary nitrogens is 1. The molecular formula is C15H20NO4S+. The van der Waals surface area contributed by atoms with E-state index in [2.05, 4.69) is 5.32 Å². The van der Waals surface area contributed by atoms with Gasteiger partial charge in [0.25, 0.3) is 0 Å². The third kappa shape index (κ3) is 2.70. The molecule has 0 radical (unpaired) electrons. The zero-order chi connectivity index (χ0) is 15.0. The van der Waals surface area contributed by atoms with Crippen LogP contribution < -0.4 is 5.32 Å². The molecule has 2 N–H and O–H groups in total. The molecule has 0 aromatic heterocycles. The number of cyclic esters (lactones) is 1. The van der Waals surface area contributed by atoms with Gasteiger partial charge in [-0.25, -0.2) is 13.2 Å². The summed E-state index contributed by atoms with van der Waals surface area (Å²) in [7, 11) is -3.31. The van der Waals surface area contributed by atoms with E-state index in [4.69, 9.17) is 4.74 Å². The minimum atomic E-state index is -3.31. The molecule has 2 aliphatic rings. The number of hydrogen-bond donors (Lipinski definition) is 1. The van der Waals surface area contributed by atoms with Crippen LogP contribution in [0.2, 0.25) is 0 Å². The third-order valence-corrected chi connectivity index (χ3v) is 6.49. The van der Waals surface area contributed by atoms with Crippen LogP contribution in [0.25, 0.3) is 0 Å². The lowest BCUT2D eigenvalue weighted by Gasteiger charge is -2.20. The van der Waals surface area contributed by atoms with Gasteiger partial charge in [0, 0.05) is 18.4 Å². The van der Waals surface area contributed by atoms with Gasteiger partial charge in [-0.3, -0.25) is 0 Å². The molecule has 1 aromatic carbocycles. The molecule has 21 heavy (non-hydrogen) atoms. The number of fused-ring (bicyclic) bond motifs is 1. The Bertz CT molecular complexity index is 675. The van der Waals surface area contributed by atoms with Gasteiger partial charge in [-0.2, -0.15) is 0 Å².